The molecule has 0 aliphatic heterocycles. The van der Waals surface area contributed by atoms with Crippen molar-refractivity contribution < 1.29 is 9.53 Å². The molecular weight excluding hydrogens is 276 g/mol. The molecule has 0 aliphatic carbocycles. The van der Waals surface area contributed by atoms with E-state index in [1.54, 1.807) is 0 Å². The van der Waals surface area contributed by atoms with Crippen LogP contribution in [0.1, 0.15) is 54.9 Å². The summed E-state index contributed by atoms with van der Waals surface area (Å²) in [5.74, 6) is 2.97. The zero-order valence-corrected chi connectivity index (χ0v) is 16.5. The lowest BCUT2D eigenvalue weighted by Crippen LogP contribution is -2.49. The maximum atomic E-state index is 10.5. The van der Waals surface area contributed by atoms with Gasteiger partial charge in [-0.2, -0.15) is 0 Å². The Bertz CT molecular complexity index is 351. The zero-order chi connectivity index (χ0) is 17.0. The maximum Gasteiger partial charge on any atom is 0.192 e. The molecule has 0 rings (SSSR count). The first-order valence-corrected chi connectivity index (χ1v) is 11.1. The van der Waals surface area contributed by atoms with E-state index >= 15 is 0 Å². The van der Waals surface area contributed by atoms with E-state index in [4.69, 9.17) is 10.8 Å². The molecule has 3 heteroatoms. The number of rotatable bonds is 7. The number of hydrogen-bond donors (Lipinski definition) is 1. The van der Waals surface area contributed by atoms with Crippen LogP contribution in [0.3, 0.4) is 0 Å². The summed E-state index contributed by atoms with van der Waals surface area (Å²) in [6.45, 7) is 19.6. The average Bonchev–Trinajstić information content (AvgIpc) is 2.40. The first kappa shape index (κ1) is 20.7. The third-order valence-corrected chi connectivity index (χ3v) is 9.75. The number of aliphatic hydroxyl groups is 1. The normalized spacial score (nSPS) is 20.2. The van der Waals surface area contributed by atoms with E-state index in [-0.39, 0.29) is 23.0 Å². The van der Waals surface area contributed by atoms with Crippen LogP contribution in [0, 0.1) is 30.1 Å². The van der Waals surface area contributed by atoms with Gasteiger partial charge in [0.2, 0.25) is 0 Å². The van der Waals surface area contributed by atoms with Crippen molar-refractivity contribution in [2.24, 2.45) is 17.8 Å². The first-order chi connectivity index (χ1) is 9.39. The molecule has 0 radical (unpaired) electrons. The highest BCUT2D eigenvalue weighted by molar-refractivity contribution is 6.74. The third-order valence-electron chi connectivity index (χ3n) is 5.27. The van der Waals surface area contributed by atoms with E-state index in [1.165, 1.54) is 0 Å². The minimum absolute atomic E-state index is 0.0418. The summed E-state index contributed by atoms with van der Waals surface area (Å²) in [6, 6.07) is 0. The molecule has 5 atom stereocenters. The van der Waals surface area contributed by atoms with Crippen LogP contribution in [0.15, 0.2) is 0 Å². The van der Waals surface area contributed by atoms with Gasteiger partial charge in [-0.1, -0.05) is 48.0 Å². The Morgan fingerprint density at radius 1 is 1.19 bits per heavy atom. The predicted molar refractivity (Wildman–Crippen MR) is 94.7 cm³/mol. The Morgan fingerprint density at radius 3 is 2.00 bits per heavy atom. The molecule has 1 N–H and O–H groups in total. The molecule has 0 fully saturated rings. The Kier molecular flexibility index (Phi) is 7.69. The molecule has 0 saturated carbocycles. The van der Waals surface area contributed by atoms with E-state index in [0.717, 1.165) is 6.42 Å². The third kappa shape index (κ3) is 5.43. The van der Waals surface area contributed by atoms with Crippen LogP contribution in [0.4, 0.5) is 0 Å². The highest BCUT2D eigenvalue weighted by atomic mass is 28.4. The minimum Gasteiger partial charge on any atom is -0.413 e. The Labute approximate surface area is 133 Å². The summed E-state index contributed by atoms with van der Waals surface area (Å²) in [5, 5.41) is 10.7. The average molecular weight is 313 g/mol. The summed E-state index contributed by atoms with van der Waals surface area (Å²) in [7, 11) is -1.86. The van der Waals surface area contributed by atoms with Gasteiger partial charge in [-0.15, -0.1) is 12.3 Å². The van der Waals surface area contributed by atoms with Crippen LogP contribution in [0.2, 0.25) is 18.1 Å². The quantitative estimate of drug-likeness (QED) is 0.546. The molecule has 2 nitrogen and oxygen atoms in total. The largest absolute Gasteiger partial charge is 0.413 e. The van der Waals surface area contributed by atoms with Gasteiger partial charge < -0.3 is 9.53 Å². The van der Waals surface area contributed by atoms with E-state index in [9.17, 15) is 5.11 Å². The maximum absolute atomic E-state index is 10.5. The molecule has 0 unspecified atom stereocenters. The fraction of sp³-hybridized carbons (Fsp3) is 0.889. The van der Waals surface area contributed by atoms with Crippen molar-refractivity contribution in [3.8, 4) is 12.3 Å². The second kappa shape index (κ2) is 7.81. The Hall–Kier alpha value is -0.303. The lowest BCUT2D eigenvalue weighted by molar-refractivity contribution is -0.0125. The van der Waals surface area contributed by atoms with Gasteiger partial charge in [0.15, 0.2) is 8.32 Å². The van der Waals surface area contributed by atoms with Crippen molar-refractivity contribution in [2.75, 3.05) is 0 Å². The van der Waals surface area contributed by atoms with Crippen LogP contribution < -0.4 is 0 Å². The Morgan fingerprint density at radius 2 is 1.67 bits per heavy atom. The van der Waals surface area contributed by atoms with Crippen molar-refractivity contribution in [1.29, 1.82) is 0 Å². The van der Waals surface area contributed by atoms with Gasteiger partial charge in [0.25, 0.3) is 0 Å². The monoisotopic (exact) mass is 312 g/mol. The van der Waals surface area contributed by atoms with Crippen molar-refractivity contribution in [3.05, 3.63) is 0 Å². The molecule has 21 heavy (non-hydrogen) atoms. The van der Waals surface area contributed by atoms with Crippen LogP contribution in [-0.2, 0) is 4.43 Å². The Balaban J connectivity index is 5.29. The standard InChI is InChI=1S/C18H36O2Si/c1-11-13(3)16(19)15(5)17(14(4)12-2)20-21(9,10)18(6,7)8/h1,13-17,19H,12H2,2-10H3/t13-,14-,15-,16+,17+/m1/s1. The van der Waals surface area contributed by atoms with Crippen LogP contribution >= 0.6 is 0 Å². The highest BCUT2D eigenvalue weighted by Gasteiger charge is 2.42. The SMILES string of the molecule is C#C[C@@H](C)[C@H](O)[C@@H](C)[C@@H](O[Si](C)(C)C(C)(C)C)[C@H](C)CC. The van der Waals surface area contributed by atoms with Crippen molar-refractivity contribution >= 4 is 8.32 Å². The molecule has 0 aromatic heterocycles. The van der Waals surface area contributed by atoms with E-state index in [0.29, 0.717) is 5.92 Å². The van der Waals surface area contributed by atoms with Gasteiger partial charge in [-0.05, 0) is 31.0 Å². The molecule has 0 saturated heterocycles. The summed E-state index contributed by atoms with van der Waals surface area (Å²) < 4.78 is 6.64. The number of terminal acetylenes is 1. The molecular formula is C18H36O2Si. The van der Waals surface area contributed by atoms with Crippen LogP contribution in [0.25, 0.3) is 0 Å². The van der Waals surface area contributed by atoms with Crippen molar-refractivity contribution in [2.45, 2.75) is 85.2 Å². The lowest BCUT2D eigenvalue weighted by atomic mass is 9.84. The zero-order valence-electron chi connectivity index (χ0n) is 15.5. The number of hydrogen-bond acceptors (Lipinski definition) is 2. The van der Waals surface area contributed by atoms with Gasteiger partial charge >= 0.3 is 0 Å². The topological polar surface area (TPSA) is 29.5 Å². The smallest absolute Gasteiger partial charge is 0.192 e. The molecule has 0 aromatic rings. The van der Waals surface area contributed by atoms with Crippen LogP contribution in [0.5, 0.6) is 0 Å². The molecule has 0 bridgehead atoms. The highest BCUT2D eigenvalue weighted by Crippen LogP contribution is 2.40. The second-order valence-corrected chi connectivity index (χ2v) is 12.8. The van der Waals surface area contributed by atoms with Gasteiger partial charge in [0.05, 0.1) is 12.2 Å². The van der Waals surface area contributed by atoms with Gasteiger partial charge in [-0.25, -0.2) is 0 Å². The summed E-state index contributed by atoms with van der Waals surface area (Å²) in [4.78, 5) is 0. The number of aliphatic hydroxyl groups excluding tert-OH is 1. The van der Waals surface area contributed by atoms with E-state index in [1.807, 2.05) is 6.92 Å². The molecule has 0 heterocycles. The fourth-order valence-electron chi connectivity index (χ4n) is 2.24. The van der Waals surface area contributed by atoms with Crippen molar-refractivity contribution in [1.82, 2.24) is 0 Å². The molecule has 0 aromatic carbocycles. The summed E-state index contributed by atoms with van der Waals surface area (Å²) >= 11 is 0. The van der Waals surface area contributed by atoms with Crippen molar-refractivity contribution in [3.63, 3.8) is 0 Å². The van der Waals surface area contributed by atoms with E-state index < -0.39 is 14.4 Å². The molecule has 0 spiro atoms. The molecule has 0 aliphatic rings. The first-order valence-electron chi connectivity index (χ1n) is 8.21. The van der Waals surface area contributed by atoms with Crippen LogP contribution in [-0.4, -0.2) is 25.6 Å². The molecule has 124 valence electrons. The fourth-order valence-corrected chi connectivity index (χ4v) is 3.72. The second-order valence-electron chi connectivity index (χ2n) is 8.03. The molecule has 0 amide bonds. The summed E-state index contributed by atoms with van der Waals surface area (Å²) in [5.41, 5.74) is 0. The predicted octanol–water partition coefficient (Wildman–Crippen LogP) is 4.69. The van der Waals surface area contributed by atoms with Gasteiger partial charge in [-0.3, -0.25) is 0 Å². The van der Waals surface area contributed by atoms with Gasteiger partial charge in [0.1, 0.15) is 0 Å². The lowest BCUT2D eigenvalue weighted by Gasteiger charge is -2.44. The summed E-state index contributed by atoms with van der Waals surface area (Å²) in [6.07, 6.45) is 6.06. The minimum atomic E-state index is -1.86. The van der Waals surface area contributed by atoms with Gasteiger partial charge in [0, 0.05) is 11.8 Å². The van der Waals surface area contributed by atoms with E-state index in [2.05, 4.69) is 60.6 Å².